The number of piperidine rings is 1. The molecular formula is C30H35F4N9OS. The fourth-order valence-corrected chi connectivity index (χ4v) is 5.47. The number of nitrogens with one attached hydrogen (secondary N) is 2. The number of para-hydroxylation sites is 1. The number of amides is 1. The number of hydrogen-bond donors (Lipinski definition) is 2. The van der Waals surface area contributed by atoms with Gasteiger partial charge in [0.15, 0.2) is 5.82 Å². The highest BCUT2D eigenvalue weighted by molar-refractivity contribution is 7.59. The number of anilines is 2. The number of halogens is 4. The molecule has 10 nitrogen and oxygen atoms in total. The van der Waals surface area contributed by atoms with Crippen LogP contribution in [0.5, 0.6) is 0 Å². The summed E-state index contributed by atoms with van der Waals surface area (Å²) in [7, 11) is 3.31. The third-order valence-electron chi connectivity index (χ3n) is 7.88. The zero-order valence-electron chi connectivity index (χ0n) is 25.1. The van der Waals surface area contributed by atoms with Crippen LogP contribution in [-0.4, -0.2) is 88.2 Å². The summed E-state index contributed by atoms with van der Waals surface area (Å²) in [6.45, 7) is 2.33. The van der Waals surface area contributed by atoms with Gasteiger partial charge in [0.2, 0.25) is 5.95 Å². The summed E-state index contributed by atoms with van der Waals surface area (Å²) in [5, 5.41) is 6.24. The van der Waals surface area contributed by atoms with Gasteiger partial charge in [-0.05, 0) is 18.4 Å². The van der Waals surface area contributed by atoms with Crippen LogP contribution in [-0.2, 0) is 0 Å². The average Bonchev–Trinajstić information content (AvgIpc) is 3.02. The third kappa shape index (κ3) is 7.95. The molecule has 0 spiro atoms. The standard InChI is InChI=1S/C30H33F4N9O.H2S/c1-18(21-5-4-6-22-26(28(44)35-2)23(31)15-37-27(21)22)12-36-25-11-24(40-17-41-25)19-13-38-29(39-14-19)42(3)20-7-9-43(10-8-20)16-30(32,33)34;/h4-6,11,13-15,17-18,20H,7-10,12,16H2,1-3H3,(H,35,44)(H,36,40,41);1H2/t18-;/m1./s1. The number of carbonyl (C=O) groups excluding carboxylic acids is 1. The monoisotopic (exact) mass is 645 g/mol. The van der Waals surface area contributed by atoms with Crippen LogP contribution in [0, 0.1) is 5.82 Å². The van der Waals surface area contributed by atoms with E-state index >= 15 is 0 Å². The third-order valence-corrected chi connectivity index (χ3v) is 7.88. The van der Waals surface area contributed by atoms with E-state index in [1.807, 2.05) is 24.9 Å². The lowest BCUT2D eigenvalue weighted by atomic mass is 9.96. The van der Waals surface area contributed by atoms with Crippen LogP contribution in [0.1, 0.15) is 41.6 Å². The maximum Gasteiger partial charge on any atom is 0.401 e. The molecule has 1 amide bonds. The fourth-order valence-electron chi connectivity index (χ4n) is 5.47. The molecule has 1 aromatic carbocycles. The van der Waals surface area contributed by atoms with Crippen LogP contribution >= 0.6 is 13.5 Å². The van der Waals surface area contributed by atoms with Gasteiger partial charge in [0, 0.05) is 75.1 Å². The molecule has 240 valence electrons. The van der Waals surface area contributed by atoms with Crippen molar-refractivity contribution in [3.63, 3.8) is 0 Å². The van der Waals surface area contributed by atoms with Crippen molar-refractivity contribution in [1.29, 1.82) is 0 Å². The van der Waals surface area contributed by atoms with Crippen LogP contribution in [0.3, 0.4) is 0 Å². The number of aromatic nitrogens is 5. The number of benzene rings is 1. The number of fused-ring (bicyclic) bond motifs is 1. The molecule has 15 heteroatoms. The van der Waals surface area contributed by atoms with Crippen molar-refractivity contribution in [3.05, 3.63) is 66.1 Å². The van der Waals surface area contributed by atoms with Gasteiger partial charge in [-0.1, -0.05) is 25.1 Å². The van der Waals surface area contributed by atoms with E-state index in [0.717, 1.165) is 11.8 Å². The van der Waals surface area contributed by atoms with E-state index in [1.165, 1.54) is 18.3 Å². The molecule has 2 N–H and O–H groups in total. The summed E-state index contributed by atoms with van der Waals surface area (Å²) in [5.74, 6) is -0.181. The minimum absolute atomic E-state index is 0. The Kier molecular flexibility index (Phi) is 10.8. The minimum Gasteiger partial charge on any atom is -0.369 e. The number of hydrogen-bond acceptors (Lipinski definition) is 9. The lowest BCUT2D eigenvalue weighted by Gasteiger charge is -2.36. The molecular weight excluding hydrogens is 610 g/mol. The van der Waals surface area contributed by atoms with E-state index in [9.17, 15) is 22.4 Å². The van der Waals surface area contributed by atoms with Gasteiger partial charge in [0.05, 0.1) is 29.5 Å². The number of alkyl halides is 3. The zero-order chi connectivity index (χ0) is 31.4. The van der Waals surface area contributed by atoms with Crippen LogP contribution in [0.25, 0.3) is 22.2 Å². The Balaban J connectivity index is 0.00000461. The van der Waals surface area contributed by atoms with Gasteiger partial charge in [0.1, 0.15) is 12.1 Å². The van der Waals surface area contributed by atoms with Gasteiger partial charge >= 0.3 is 6.18 Å². The van der Waals surface area contributed by atoms with Crippen LogP contribution in [0.2, 0.25) is 0 Å². The highest BCUT2D eigenvalue weighted by Crippen LogP contribution is 2.29. The second-order valence-electron chi connectivity index (χ2n) is 10.9. The molecule has 0 bridgehead atoms. The number of pyridine rings is 1. The Bertz CT molecular complexity index is 1620. The summed E-state index contributed by atoms with van der Waals surface area (Å²) >= 11 is 0. The van der Waals surface area contributed by atoms with Crippen molar-refractivity contribution >= 4 is 42.1 Å². The second-order valence-corrected chi connectivity index (χ2v) is 10.9. The average molecular weight is 646 g/mol. The molecule has 4 heterocycles. The molecule has 45 heavy (non-hydrogen) atoms. The minimum atomic E-state index is -4.19. The quantitative estimate of drug-likeness (QED) is 0.249. The maximum absolute atomic E-state index is 14.4. The van der Waals surface area contributed by atoms with E-state index in [1.54, 1.807) is 30.6 Å². The molecule has 0 aliphatic carbocycles. The number of likely N-dealkylation sites (tertiary alicyclic amines) is 1. The van der Waals surface area contributed by atoms with E-state index in [2.05, 4.69) is 35.6 Å². The highest BCUT2D eigenvalue weighted by atomic mass is 32.1. The Morgan fingerprint density at radius 3 is 2.47 bits per heavy atom. The lowest BCUT2D eigenvalue weighted by molar-refractivity contribution is -0.147. The lowest BCUT2D eigenvalue weighted by Crippen LogP contribution is -2.46. The van der Waals surface area contributed by atoms with Crippen LogP contribution in [0.4, 0.5) is 29.3 Å². The first-order valence-corrected chi connectivity index (χ1v) is 14.2. The van der Waals surface area contributed by atoms with Crippen molar-refractivity contribution in [3.8, 4) is 11.3 Å². The number of nitrogens with zero attached hydrogens (tertiary/aromatic N) is 7. The Hall–Kier alpha value is -4.11. The molecule has 0 unspecified atom stereocenters. The number of rotatable bonds is 9. The molecule has 0 radical (unpaired) electrons. The molecule has 1 aliphatic rings. The fraction of sp³-hybridized carbons (Fsp3) is 0.400. The first kappa shape index (κ1) is 33.8. The topological polar surface area (TPSA) is 112 Å². The summed E-state index contributed by atoms with van der Waals surface area (Å²) in [6, 6.07) is 7.20. The Labute approximate surface area is 265 Å². The molecule has 5 rings (SSSR count). The molecule has 4 aromatic rings. The smallest absolute Gasteiger partial charge is 0.369 e. The van der Waals surface area contributed by atoms with Gasteiger partial charge in [-0.3, -0.25) is 14.7 Å². The SMILES string of the molecule is CNC(=O)c1c(F)cnc2c([C@H](C)CNc3cc(-c4cnc(N(C)C5CCN(CC(F)(F)F)CC5)nc4)ncn3)cccc12.S. The molecule has 0 saturated carbocycles. The van der Waals surface area contributed by atoms with Crippen molar-refractivity contribution in [2.45, 2.75) is 37.9 Å². The van der Waals surface area contributed by atoms with Gasteiger partial charge in [-0.25, -0.2) is 24.3 Å². The maximum atomic E-state index is 14.4. The van der Waals surface area contributed by atoms with Gasteiger partial charge in [-0.2, -0.15) is 26.7 Å². The molecule has 1 atom stereocenters. The largest absolute Gasteiger partial charge is 0.401 e. The van der Waals surface area contributed by atoms with Crippen molar-refractivity contribution in [2.24, 2.45) is 0 Å². The predicted molar refractivity (Wildman–Crippen MR) is 169 cm³/mol. The van der Waals surface area contributed by atoms with Crippen LogP contribution < -0.4 is 15.5 Å². The molecule has 1 aliphatic heterocycles. The summed E-state index contributed by atoms with van der Waals surface area (Å²) < 4.78 is 52.6. The first-order chi connectivity index (χ1) is 21.0. The highest BCUT2D eigenvalue weighted by Gasteiger charge is 2.33. The molecule has 1 saturated heterocycles. The Morgan fingerprint density at radius 1 is 1.09 bits per heavy atom. The summed E-state index contributed by atoms with van der Waals surface area (Å²) in [4.78, 5) is 37.6. The van der Waals surface area contributed by atoms with Crippen molar-refractivity contribution in [1.82, 2.24) is 35.1 Å². The zero-order valence-corrected chi connectivity index (χ0v) is 26.1. The van der Waals surface area contributed by atoms with E-state index in [0.29, 0.717) is 66.4 Å². The Morgan fingerprint density at radius 2 is 1.80 bits per heavy atom. The van der Waals surface area contributed by atoms with E-state index < -0.39 is 24.4 Å². The van der Waals surface area contributed by atoms with E-state index in [-0.39, 0.29) is 31.0 Å². The second kappa shape index (κ2) is 14.3. The number of carbonyl (C=O) groups is 1. The van der Waals surface area contributed by atoms with E-state index in [4.69, 9.17) is 0 Å². The van der Waals surface area contributed by atoms with Gasteiger partial charge < -0.3 is 15.5 Å². The predicted octanol–water partition coefficient (Wildman–Crippen LogP) is 4.77. The summed E-state index contributed by atoms with van der Waals surface area (Å²) in [6.07, 6.45) is 2.83. The van der Waals surface area contributed by atoms with Gasteiger partial charge in [0.25, 0.3) is 5.91 Å². The van der Waals surface area contributed by atoms with Crippen molar-refractivity contribution in [2.75, 3.05) is 50.5 Å². The van der Waals surface area contributed by atoms with Crippen LogP contribution in [0.15, 0.2) is 49.2 Å². The van der Waals surface area contributed by atoms with Crippen molar-refractivity contribution < 1.29 is 22.4 Å². The molecule has 3 aromatic heterocycles. The molecule has 1 fully saturated rings. The normalized spacial score (nSPS) is 14.9. The first-order valence-electron chi connectivity index (χ1n) is 14.2. The van der Waals surface area contributed by atoms with Gasteiger partial charge in [-0.15, -0.1) is 0 Å². The summed E-state index contributed by atoms with van der Waals surface area (Å²) in [5.41, 5.74) is 2.67.